The summed E-state index contributed by atoms with van der Waals surface area (Å²) in [6, 6.07) is 15.5. The number of carbonyl (C=O) groups is 1. The molecular weight excluding hydrogens is 328 g/mol. The number of aromatic amines is 1. The third kappa shape index (κ3) is 2.85. The van der Waals surface area contributed by atoms with Crippen LogP contribution in [0, 0.1) is 0 Å². The molecule has 4 heteroatoms. The lowest BCUT2D eigenvalue weighted by molar-refractivity contribution is 0.0940. The van der Waals surface area contributed by atoms with Gasteiger partial charge in [0.2, 0.25) is 0 Å². The Morgan fingerprint density at radius 2 is 2.00 bits per heavy atom. The van der Waals surface area contributed by atoms with Gasteiger partial charge >= 0.3 is 0 Å². The highest BCUT2D eigenvalue weighted by Gasteiger charge is 2.13. The summed E-state index contributed by atoms with van der Waals surface area (Å²) in [4.78, 5) is 15.5. The van der Waals surface area contributed by atoms with Crippen molar-refractivity contribution in [1.82, 2.24) is 10.3 Å². The lowest BCUT2D eigenvalue weighted by Gasteiger charge is -2.16. The van der Waals surface area contributed by atoms with Crippen molar-refractivity contribution < 1.29 is 4.79 Å². The first-order valence-corrected chi connectivity index (χ1v) is 7.57. The highest BCUT2D eigenvalue weighted by molar-refractivity contribution is 9.10. The molecule has 1 amide bonds. The van der Waals surface area contributed by atoms with Gasteiger partial charge in [-0.2, -0.15) is 0 Å². The molecular formula is C17H15BrN2O. The van der Waals surface area contributed by atoms with Gasteiger partial charge < -0.3 is 10.3 Å². The smallest absolute Gasteiger partial charge is 0.251 e. The SMILES string of the molecule is CC(NC(=O)c1ccc2[nH]ccc2c1)c1ccccc1Br. The quantitative estimate of drug-likeness (QED) is 0.726. The largest absolute Gasteiger partial charge is 0.361 e. The summed E-state index contributed by atoms with van der Waals surface area (Å²) < 4.78 is 0.999. The second kappa shape index (κ2) is 5.74. The van der Waals surface area contributed by atoms with Crippen LogP contribution < -0.4 is 5.32 Å². The molecule has 0 aliphatic rings. The summed E-state index contributed by atoms with van der Waals surface area (Å²) in [5.41, 5.74) is 2.76. The van der Waals surface area contributed by atoms with E-state index in [1.165, 1.54) is 0 Å². The summed E-state index contributed by atoms with van der Waals surface area (Å²) >= 11 is 3.51. The molecule has 2 N–H and O–H groups in total. The Balaban J connectivity index is 1.81. The van der Waals surface area contributed by atoms with Crippen molar-refractivity contribution >= 4 is 32.7 Å². The van der Waals surface area contributed by atoms with Crippen LogP contribution in [0.3, 0.4) is 0 Å². The zero-order valence-corrected chi connectivity index (χ0v) is 13.1. The molecule has 3 rings (SSSR count). The van der Waals surface area contributed by atoms with Crippen LogP contribution in [0.5, 0.6) is 0 Å². The molecule has 0 saturated carbocycles. The predicted molar refractivity (Wildman–Crippen MR) is 88.3 cm³/mol. The van der Waals surface area contributed by atoms with Crippen molar-refractivity contribution in [2.75, 3.05) is 0 Å². The minimum absolute atomic E-state index is 0.0602. The summed E-state index contributed by atoms with van der Waals surface area (Å²) in [5.74, 6) is -0.0682. The Kier molecular flexibility index (Phi) is 3.80. The molecule has 0 aliphatic heterocycles. The highest BCUT2D eigenvalue weighted by atomic mass is 79.9. The van der Waals surface area contributed by atoms with Gasteiger partial charge in [-0.25, -0.2) is 0 Å². The van der Waals surface area contributed by atoms with Gasteiger partial charge in [-0.05, 0) is 42.8 Å². The molecule has 0 fully saturated rings. The van der Waals surface area contributed by atoms with E-state index in [-0.39, 0.29) is 11.9 Å². The zero-order chi connectivity index (χ0) is 14.8. The number of rotatable bonds is 3. The van der Waals surface area contributed by atoms with Gasteiger partial charge in [-0.1, -0.05) is 34.1 Å². The van der Waals surface area contributed by atoms with Crippen molar-refractivity contribution in [3.05, 3.63) is 70.3 Å². The minimum atomic E-state index is -0.0682. The normalized spacial score (nSPS) is 12.3. The van der Waals surface area contributed by atoms with E-state index in [1.54, 1.807) is 0 Å². The first-order valence-electron chi connectivity index (χ1n) is 6.77. The van der Waals surface area contributed by atoms with Crippen molar-refractivity contribution in [1.29, 1.82) is 0 Å². The average molecular weight is 343 g/mol. The van der Waals surface area contributed by atoms with Gasteiger partial charge in [0.25, 0.3) is 5.91 Å². The van der Waals surface area contributed by atoms with Crippen LogP contribution in [0.15, 0.2) is 59.2 Å². The molecule has 0 spiro atoms. The third-order valence-electron chi connectivity index (χ3n) is 3.53. The maximum Gasteiger partial charge on any atom is 0.251 e. The Hall–Kier alpha value is -2.07. The number of nitrogens with one attached hydrogen (secondary N) is 2. The van der Waals surface area contributed by atoms with Crippen LogP contribution in [0.1, 0.15) is 28.9 Å². The van der Waals surface area contributed by atoms with Crippen LogP contribution in [0.2, 0.25) is 0 Å². The number of aromatic nitrogens is 1. The second-order valence-corrected chi connectivity index (χ2v) is 5.85. The maximum absolute atomic E-state index is 12.4. The molecule has 0 radical (unpaired) electrons. The molecule has 0 saturated heterocycles. The van der Waals surface area contributed by atoms with Gasteiger partial charge in [0.15, 0.2) is 0 Å². The monoisotopic (exact) mass is 342 g/mol. The first-order chi connectivity index (χ1) is 10.1. The standard InChI is InChI=1S/C17H15BrN2O/c1-11(14-4-2-3-5-15(14)18)20-17(21)13-6-7-16-12(10-13)8-9-19-16/h2-11,19H,1H3,(H,20,21). The van der Waals surface area contributed by atoms with E-state index in [2.05, 4.69) is 26.2 Å². The second-order valence-electron chi connectivity index (χ2n) is 5.00. The van der Waals surface area contributed by atoms with Gasteiger partial charge in [0.1, 0.15) is 0 Å². The number of amides is 1. The Bertz CT molecular complexity index is 794. The van der Waals surface area contributed by atoms with Gasteiger partial charge in [-0.15, -0.1) is 0 Å². The zero-order valence-electron chi connectivity index (χ0n) is 11.6. The topological polar surface area (TPSA) is 44.9 Å². The van der Waals surface area contributed by atoms with Crippen LogP contribution in [0.25, 0.3) is 10.9 Å². The molecule has 1 heterocycles. The van der Waals surface area contributed by atoms with Gasteiger partial charge in [0.05, 0.1) is 6.04 Å². The van der Waals surface area contributed by atoms with Crippen molar-refractivity contribution in [2.45, 2.75) is 13.0 Å². The Morgan fingerprint density at radius 1 is 1.19 bits per heavy atom. The van der Waals surface area contributed by atoms with E-state index in [0.29, 0.717) is 5.56 Å². The first kappa shape index (κ1) is 13.9. The number of H-pyrrole nitrogens is 1. The van der Waals surface area contributed by atoms with Crippen molar-refractivity contribution in [3.8, 4) is 0 Å². The van der Waals surface area contributed by atoms with E-state index < -0.39 is 0 Å². The molecule has 3 nitrogen and oxygen atoms in total. The van der Waals surface area contributed by atoms with Crippen LogP contribution in [-0.4, -0.2) is 10.9 Å². The lowest BCUT2D eigenvalue weighted by Crippen LogP contribution is -2.26. The summed E-state index contributed by atoms with van der Waals surface area (Å²) in [6.07, 6.45) is 1.87. The van der Waals surface area contributed by atoms with E-state index in [9.17, 15) is 4.79 Å². The predicted octanol–water partition coefficient (Wildman–Crippen LogP) is 4.42. The number of hydrogen-bond donors (Lipinski definition) is 2. The number of benzene rings is 2. The van der Waals surface area contributed by atoms with Crippen LogP contribution in [0.4, 0.5) is 0 Å². The van der Waals surface area contributed by atoms with Gasteiger partial charge in [0, 0.05) is 27.1 Å². The maximum atomic E-state index is 12.4. The Morgan fingerprint density at radius 3 is 2.81 bits per heavy atom. The van der Waals surface area contributed by atoms with E-state index >= 15 is 0 Å². The van der Waals surface area contributed by atoms with Gasteiger partial charge in [-0.3, -0.25) is 4.79 Å². The van der Waals surface area contributed by atoms with E-state index in [0.717, 1.165) is 20.9 Å². The average Bonchev–Trinajstić information content (AvgIpc) is 2.94. The van der Waals surface area contributed by atoms with Crippen LogP contribution >= 0.6 is 15.9 Å². The molecule has 0 aliphatic carbocycles. The fourth-order valence-corrected chi connectivity index (χ4v) is 3.01. The lowest BCUT2D eigenvalue weighted by atomic mass is 10.1. The summed E-state index contributed by atoms with van der Waals surface area (Å²) in [6.45, 7) is 1.98. The molecule has 2 aromatic carbocycles. The number of halogens is 1. The summed E-state index contributed by atoms with van der Waals surface area (Å²) in [5, 5.41) is 4.07. The van der Waals surface area contributed by atoms with E-state index in [1.807, 2.05) is 61.7 Å². The number of carbonyl (C=O) groups excluding carboxylic acids is 1. The van der Waals surface area contributed by atoms with Crippen molar-refractivity contribution in [2.24, 2.45) is 0 Å². The fraction of sp³-hybridized carbons (Fsp3) is 0.118. The molecule has 21 heavy (non-hydrogen) atoms. The molecule has 0 bridgehead atoms. The van der Waals surface area contributed by atoms with E-state index in [4.69, 9.17) is 0 Å². The highest BCUT2D eigenvalue weighted by Crippen LogP contribution is 2.23. The third-order valence-corrected chi connectivity index (χ3v) is 4.26. The summed E-state index contributed by atoms with van der Waals surface area (Å²) in [7, 11) is 0. The van der Waals surface area contributed by atoms with Crippen LogP contribution in [-0.2, 0) is 0 Å². The fourth-order valence-electron chi connectivity index (χ4n) is 2.38. The molecule has 1 atom stereocenters. The number of hydrogen-bond acceptors (Lipinski definition) is 1. The van der Waals surface area contributed by atoms with Crippen molar-refractivity contribution in [3.63, 3.8) is 0 Å². The Labute approximate surface area is 131 Å². The molecule has 1 unspecified atom stereocenters. The molecule has 1 aromatic heterocycles. The minimum Gasteiger partial charge on any atom is -0.361 e. The molecule has 3 aromatic rings. The number of fused-ring (bicyclic) bond motifs is 1. The molecule has 106 valence electrons.